The van der Waals surface area contributed by atoms with Gasteiger partial charge in [-0.3, -0.25) is 4.79 Å². The Kier molecular flexibility index (Phi) is 7.63. The maximum Gasteiger partial charge on any atom is 0.305 e. The molecule has 4 nitrogen and oxygen atoms in total. The van der Waals surface area contributed by atoms with Crippen molar-refractivity contribution in [3.63, 3.8) is 0 Å². The molecule has 0 amide bonds. The van der Waals surface area contributed by atoms with Crippen LogP contribution in [0.4, 0.5) is 4.39 Å². The van der Waals surface area contributed by atoms with Crippen LogP contribution in [0.3, 0.4) is 0 Å². The predicted octanol–water partition coefficient (Wildman–Crippen LogP) is 6.75. The maximum atomic E-state index is 14.8. The molecule has 0 saturated heterocycles. The Bertz CT molecular complexity index is 1200. The van der Waals surface area contributed by atoms with Crippen LogP contribution in [0.1, 0.15) is 42.4 Å². The number of allylic oxidation sites excluding steroid dienone is 2. The molecule has 1 aliphatic carbocycles. The molecule has 176 valence electrons. The number of esters is 1. The van der Waals surface area contributed by atoms with Gasteiger partial charge in [0.15, 0.2) is 0 Å². The number of rotatable bonds is 9. The average Bonchev–Trinajstić information content (AvgIpc) is 3.41. The molecule has 0 atom stereocenters. The lowest BCUT2D eigenvalue weighted by Crippen LogP contribution is -2.02. The van der Waals surface area contributed by atoms with Crippen LogP contribution in [-0.2, 0) is 22.6 Å². The van der Waals surface area contributed by atoms with Crippen LogP contribution in [0.25, 0.3) is 16.7 Å². The summed E-state index contributed by atoms with van der Waals surface area (Å²) in [5.74, 6) is 0.871. The molecule has 0 saturated carbocycles. The molecule has 0 fully saturated rings. The van der Waals surface area contributed by atoms with Gasteiger partial charge in [-0.1, -0.05) is 30.3 Å². The van der Waals surface area contributed by atoms with E-state index in [0.717, 1.165) is 47.3 Å². The highest BCUT2D eigenvalue weighted by molar-refractivity contribution is 5.83. The number of aryl methyl sites for hydroxylation is 1. The van der Waals surface area contributed by atoms with Gasteiger partial charge >= 0.3 is 5.97 Å². The smallest absolute Gasteiger partial charge is 0.305 e. The molecule has 3 aromatic rings. The fraction of sp³-hybridized carbons (Fsp3) is 0.276. The van der Waals surface area contributed by atoms with E-state index < -0.39 is 0 Å². The first-order valence-corrected chi connectivity index (χ1v) is 11.5. The Morgan fingerprint density at radius 2 is 1.79 bits per heavy atom. The van der Waals surface area contributed by atoms with E-state index in [1.165, 1.54) is 18.7 Å². The minimum absolute atomic E-state index is 0.229. The van der Waals surface area contributed by atoms with E-state index in [-0.39, 0.29) is 11.8 Å². The van der Waals surface area contributed by atoms with E-state index >= 15 is 0 Å². The average molecular weight is 461 g/mol. The molecule has 3 aromatic carbocycles. The van der Waals surface area contributed by atoms with Crippen molar-refractivity contribution in [1.29, 1.82) is 0 Å². The van der Waals surface area contributed by atoms with Gasteiger partial charge in [-0.25, -0.2) is 4.39 Å². The van der Waals surface area contributed by atoms with E-state index in [1.54, 1.807) is 19.2 Å². The fourth-order valence-electron chi connectivity index (χ4n) is 4.24. The van der Waals surface area contributed by atoms with Crippen molar-refractivity contribution >= 4 is 11.5 Å². The zero-order valence-corrected chi connectivity index (χ0v) is 19.6. The van der Waals surface area contributed by atoms with E-state index in [0.29, 0.717) is 30.8 Å². The molecule has 5 heteroatoms. The summed E-state index contributed by atoms with van der Waals surface area (Å²) in [5, 5.41) is 0. The normalized spacial score (nSPS) is 12.9. The molecule has 0 aliphatic heterocycles. The van der Waals surface area contributed by atoms with Crippen LogP contribution in [0.15, 0.2) is 66.7 Å². The number of halogens is 1. The van der Waals surface area contributed by atoms with Gasteiger partial charge in [-0.15, -0.1) is 0 Å². The first-order chi connectivity index (χ1) is 16.6. The first kappa shape index (κ1) is 23.6. The van der Waals surface area contributed by atoms with E-state index in [4.69, 9.17) is 14.2 Å². The van der Waals surface area contributed by atoms with Crippen molar-refractivity contribution in [3.8, 4) is 22.6 Å². The van der Waals surface area contributed by atoms with Crippen LogP contribution >= 0.6 is 0 Å². The molecule has 4 rings (SSSR count). The van der Waals surface area contributed by atoms with Crippen molar-refractivity contribution in [2.45, 2.75) is 38.7 Å². The van der Waals surface area contributed by atoms with Crippen LogP contribution in [0.2, 0.25) is 0 Å². The fourth-order valence-corrected chi connectivity index (χ4v) is 4.24. The topological polar surface area (TPSA) is 44.8 Å². The molecular formula is C29H29FO4. The van der Waals surface area contributed by atoms with Gasteiger partial charge in [0.2, 0.25) is 0 Å². The maximum absolute atomic E-state index is 14.8. The molecule has 0 N–H and O–H groups in total. The van der Waals surface area contributed by atoms with Gasteiger partial charge < -0.3 is 14.2 Å². The third-order valence-corrected chi connectivity index (χ3v) is 6.08. The Balaban J connectivity index is 1.56. The number of carbonyl (C=O) groups is 1. The third-order valence-electron chi connectivity index (χ3n) is 6.08. The number of benzene rings is 3. The summed E-state index contributed by atoms with van der Waals surface area (Å²) in [6.45, 7) is 0.390. The van der Waals surface area contributed by atoms with E-state index in [9.17, 15) is 9.18 Å². The van der Waals surface area contributed by atoms with Crippen molar-refractivity contribution in [2.75, 3.05) is 14.2 Å². The quantitative estimate of drug-likeness (QED) is 0.331. The van der Waals surface area contributed by atoms with Crippen molar-refractivity contribution < 1.29 is 23.4 Å². The highest BCUT2D eigenvalue weighted by Gasteiger charge is 2.17. The SMILES string of the molecule is COC(=O)CCc1cccc(OCc2ccc(-c3cc(OC)ccc3F)c(C3=CCCC3)c2)c1. The summed E-state index contributed by atoms with van der Waals surface area (Å²) in [7, 11) is 2.98. The molecule has 0 heterocycles. The lowest BCUT2D eigenvalue weighted by Gasteiger charge is -2.15. The van der Waals surface area contributed by atoms with Crippen molar-refractivity contribution in [2.24, 2.45) is 0 Å². The summed E-state index contributed by atoms with van der Waals surface area (Å²) in [6.07, 6.45) is 6.30. The molecule has 1 aliphatic rings. The summed E-state index contributed by atoms with van der Waals surface area (Å²) >= 11 is 0. The van der Waals surface area contributed by atoms with E-state index in [2.05, 4.69) is 12.1 Å². The second-order valence-corrected chi connectivity index (χ2v) is 8.36. The van der Waals surface area contributed by atoms with Gasteiger partial charge in [-0.2, -0.15) is 0 Å². The number of hydrogen-bond donors (Lipinski definition) is 0. The summed E-state index contributed by atoms with van der Waals surface area (Å²) < 4.78 is 30.9. The lowest BCUT2D eigenvalue weighted by atomic mass is 9.92. The van der Waals surface area contributed by atoms with Gasteiger partial charge in [0, 0.05) is 12.0 Å². The van der Waals surface area contributed by atoms with Gasteiger partial charge in [0.05, 0.1) is 14.2 Å². The van der Waals surface area contributed by atoms with Crippen LogP contribution in [0, 0.1) is 5.82 Å². The van der Waals surface area contributed by atoms with Gasteiger partial charge in [0.25, 0.3) is 0 Å². The largest absolute Gasteiger partial charge is 0.497 e. The molecule has 0 bridgehead atoms. The van der Waals surface area contributed by atoms with Crippen molar-refractivity contribution in [3.05, 3.63) is 89.2 Å². The second-order valence-electron chi connectivity index (χ2n) is 8.36. The summed E-state index contributed by atoms with van der Waals surface area (Å²) in [4.78, 5) is 11.4. The predicted molar refractivity (Wildman–Crippen MR) is 131 cm³/mol. The Morgan fingerprint density at radius 3 is 2.56 bits per heavy atom. The minimum atomic E-state index is -0.270. The second kappa shape index (κ2) is 11.0. The number of hydrogen-bond acceptors (Lipinski definition) is 4. The van der Waals surface area contributed by atoms with Crippen molar-refractivity contribution in [1.82, 2.24) is 0 Å². The lowest BCUT2D eigenvalue weighted by molar-refractivity contribution is -0.140. The molecule has 0 unspecified atom stereocenters. The molecular weight excluding hydrogens is 431 g/mol. The highest BCUT2D eigenvalue weighted by Crippen LogP contribution is 2.38. The van der Waals surface area contributed by atoms with E-state index in [1.807, 2.05) is 36.4 Å². The zero-order valence-electron chi connectivity index (χ0n) is 19.6. The standard InChI is InChI=1S/C29H29FO4/c1-32-23-12-14-28(30)27(18-23)25-13-10-21(17-26(25)22-7-3-4-8-22)19-34-24-9-5-6-20(16-24)11-15-29(31)33-2/h5-7,9-10,12-14,16-18H,3-4,8,11,15,19H2,1-2H3. The summed E-state index contributed by atoms with van der Waals surface area (Å²) in [6, 6.07) is 18.6. The van der Waals surface area contributed by atoms with Crippen LogP contribution in [0.5, 0.6) is 11.5 Å². The Labute approximate surface area is 200 Å². The minimum Gasteiger partial charge on any atom is -0.497 e. The third kappa shape index (κ3) is 5.66. The molecule has 0 spiro atoms. The van der Waals surface area contributed by atoms with Crippen LogP contribution < -0.4 is 9.47 Å². The monoisotopic (exact) mass is 460 g/mol. The first-order valence-electron chi connectivity index (χ1n) is 11.5. The molecule has 0 aromatic heterocycles. The highest BCUT2D eigenvalue weighted by atomic mass is 19.1. The Hall–Kier alpha value is -3.60. The number of methoxy groups -OCH3 is 2. The number of ether oxygens (including phenoxy) is 3. The zero-order chi connectivity index (χ0) is 23.9. The molecule has 34 heavy (non-hydrogen) atoms. The Morgan fingerprint density at radius 1 is 0.912 bits per heavy atom. The number of carbonyl (C=O) groups excluding carboxylic acids is 1. The van der Waals surface area contributed by atoms with Crippen LogP contribution in [-0.4, -0.2) is 20.2 Å². The van der Waals surface area contributed by atoms with Gasteiger partial charge in [0.1, 0.15) is 23.9 Å². The summed E-state index contributed by atoms with van der Waals surface area (Å²) in [5.41, 5.74) is 5.70. The van der Waals surface area contributed by atoms with Gasteiger partial charge in [-0.05, 0) is 89.9 Å². The molecule has 0 radical (unpaired) electrons.